The third-order valence-corrected chi connectivity index (χ3v) is 3.14. The van der Waals surface area contributed by atoms with E-state index in [0.717, 1.165) is 18.7 Å². The number of benzene rings is 1. The highest BCUT2D eigenvalue weighted by Crippen LogP contribution is 2.26. The Morgan fingerprint density at radius 3 is 3.06 bits per heavy atom. The van der Waals surface area contributed by atoms with Gasteiger partial charge in [-0.15, -0.1) is 0 Å². The third-order valence-electron chi connectivity index (χ3n) is 3.14. The highest BCUT2D eigenvalue weighted by atomic mass is 19.1. The predicted octanol–water partition coefficient (Wildman–Crippen LogP) is 2.80. The molecule has 2 N–H and O–H groups in total. The Labute approximate surface area is 105 Å². The summed E-state index contributed by atoms with van der Waals surface area (Å²) in [5.74, 6) is -0.456. The molecule has 18 heavy (non-hydrogen) atoms. The number of hydrogen-bond donors (Lipinski definition) is 2. The standard InChI is InChI=1S/C14H14FN3/c15-13-5-4-12(9-18-13)17-8-11-3-1-2-10-6-7-16-14(10)11/h1-5,9,16-17H,6-8H2. The Balaban J connectivity index is 1.74. The molecule has 4 heteroatoms. The van der Waals surface area contributed by atoms with Gasteiger partial charge in [0.15, 0.2) is 0 Å². The molecule has 0 atom stereocenters. The van der Waals surface area contributed by atoms with Crippen LogP contribution in [0.15, 0.2) is 36.5 Å². The first kappa shape index (κ1) is 11.0. The van der Waals surface area contributed by atoms with Gasteiger partial charge < -0.3 is 10.6 Å². The number of rotatable bonds is 3. The van der Waals surface area contributed by atoms with Crippen molar-refractivity contribution in [3.63, 3.8) is 0 Å². The molecule has 1 aliphatic heterocycles. The maximum absolute atomic E-state index is 12.7. The molecular weight excluding hydrogens is 229 g/mol. The van der Waals surface area contributed by atoms with Crippen molar-refractivity contribution in [2.24, 2.45) is 0 Å². The molecule has 0 spiro atoms. The topological polar surface area (TPSA) is 37.0 Å². The van der Waals surface area contributed by atoms with Crippen LogP contribution in [0.4, 0.5) is 15.8 Å². The van der Waals surface area contributed by atoms with E-state index in [0.29, 0.717) is 6.54 Å². The van der Waals surface area contributed by atoms with Crippen LogP contribution >= 0.6 is 0 Å². The van der Waals surface area contributed by atoms with Crippen LogP contribution in [0.1, 0.15) is 11.1 Å². The number of nitrogens with zero attached hydrogens (tertiary/aromatic N) is 1. The van der Waals surface area contributed by atoms with Gasteiger partial charge in [-0.1, -0.05) is 18.2 Å². The maximum atomic E-state index is 12.7. The first-order chi connectivity index (χ1) is 8.83. The molecule has 92 valence electrons. The molecule has 0 unspecified atom stereocenters. The van der Waals surface area contributed by atoms with Crippen molar-refractivity contribution in [2.45, 2.75) is 13.0 Å². The zero-order chi connectivity index (χ0) is 12.4. The van der Waals surface area contributed by atoms with Gasteiger partial charge in [-0.3, -0.25) is 0 Å². The van der Waals surface area contributed by atoms with Crippen molar-refractivity contribution in [3.05, 3.63) is 53.6 Å². The quantitative estimate of drug-likeness (QED) is 0.814. The average molecular weight is 243 g/mol. The number of fused-ring (bicyclic) bond motifs is 1. The Kier molecular flexibility index (Phi) is 2.84. The van der Waals surface area contributed by atoms with Gasteiger partial charge in [0.05, 0.1) is 11.9 Å². The number of anilines is 2. The summed E-state index contributed by atoms with van der Waals surface area (Å²) < 4.78 is 12.7. The molecule has 2 heterocycles. The lowest BCUT2D eigenvalue weighted by Crippen LogP contribution is -2.03. The lowest BCUT2D eigenvalue weighted by Gasteiger charge is -2.10. The second kappa shape index (κ2) is 4.64. The molecule has 0 fully saturated rings. The van der Waals surface area contributed by atoms with Gasteiger partial charge in [0.1, 0.15) is 0 Å². The van der Waals surface area contributed by atoms with Crippen LogP contribution in [0, 0.1) is 5.95 Å². The molecule has 1 aromatic heterocycles. The summed E-state index contributed by atoms with van der Waals surface area (Å²) in [6.07, 6.45) is 2.59. The molecule has 3 rings (SSSR count). The van der Waals surface area contributed by atoms with Gasteiger partial charge in [0, 0.05) is 18.8 Å². The fourth-order valence-corrected chi connectivity index (χ4v) is 2.24. The Morgan fingerprint density at radius 2 is 2.22 bits per heavy atom. The van der Waals surface area contributed by atoms with Gasteiger partial charge in [0.2, 0.25) is 5.95 Å². The molecule has 1 aromatic carbocycles. The molecule has 2 aromatic rings. The van der Waals surface area contributed by atoms with Crippen molar-refractivity contribution in [2.75, 3.05) is 17.2 Å². The van der Waals surface area contributed by atoms with E-state index in [-0.39, 0.29) is 0 Å². The lowest BCUT2D eigenvalue weighted by molar-refractivity contribution is 0.584. The van der Waals surface area contributed by atoms with E-state index in [9.17, 15) is 4.39 Å². The van der Waals surface area contributed by atoms with Crippen LogP contribution in [0.2, 0.25) is 0 Å². The second-order valence-electron chi connectivity index (χ2n) is 4.35. The van der Waals surface area contributed by atoms with E-state index in [2.05, 4.69) is 33.8 Å². The van der Waals surface area contributed by atoms with Crippen LogP contribution in [-0.2, 0) is 13.0 Å². The number of hydrogen-bond acceptors (Lipinski definition) is 3. The third kappa shape index (κ3) is 2.14. The molecule has 0 saturated carbocycles. The number of aromatic nitrogens is 1. The summed E-state index contributed by atoms with van der Waals surface area (Å²) in [5.41, 5.74) is 4.66. The Bertz CT molecular complexity index is 551. The molecule has 1 aliphatic rings. The van der Waals surface area contributed by atoms with Gasteiger partial charge in [-0.2, -0.15) is 4.39 Å². The second-order valence-corrected chi connectivity index (χ2v) is 4.35. The summed E-state index contributed by atoms with van der Waals surface area (Å²) >= 11 is 0. The summed E-state index contributed by atoms with van der Waals surface area (Å²) in [7, 11) is 0. The SMILES string of the molecule is Fc1ccc(NCc2cccc3c2NCC3)cn1. The van der Waals surface area contributed by atoms with E-state index < -0.39 is 5.95 Å². The van der Waals surface area contributed by atoms with Crippen molar-refractivity contribution in [1.29, 1.82) is 0 Å². The van der Waals surface area contributed by atoms with Crippen LogP contribution in [0.3, 0.4) is 0 Å². The zero-order valence-electron chi connectivity index (χ0n) is 9.91. The van der Waals surface area contributed by atoms with Gasteiger partial charge >= 0.3 is 0 Å². The fourth-order valence-electron chi connectivity index (χ4n) is 2.24. The Hall–Kier alpha value is -2.10. The van der Waals surface area contributed by atoms with E-state index in [1.165, 1.54) is 29.1 Å². The highest BCUT2D eigenvalue weighted by Gasteiger charge is 2.12. The molecule has 0 saturated heterocycles. The minimum atomic E-state index is -0.456. The van der Waals surface area contributed by atoms with Crippen LogP contribution < -0.4 is 10.6 Å². The number of halogens is 1. The minimum Gasteiger partial charge on any atom is -0.384 e. The average Bonchev–Trinajstić information content (AvgIpc) is 2.87. The van der Waals surface area contributed by atoms with Crippen LogP contribution in [0.5, 0.6) is 0 Å². The van der Waals surface area contributed by atoms with Crippen molar-refractivity contribution in [3.8, 4) is 0 Å². The van der Waals surface area contributed by atoms with E-state index in [1.54, 1.807) is 6.07 Å². The normalized spacial score (nSPS) is 12.9. The van der Waals surface area contributed by atoms with Gasteiger partial charge in [-0.05, 0) is 29.7 Å². The largest absolute Gasteiger partial charge is 0.384 e. The van der Waals surface area contributed by atoms with Crippen LogP contribution in [0.25, 0.3) is 0 Å². The van der Waals surface area contributed by atoms with E-state index in [1.807, 2.05) is 0 Å². The number of nitrogens with one attached hydrogen (secondary N) is 2. The number of para-hydroxylation sites is 1. The maximum Gasteiger partial charge on any atom is 0.212 e. The molecule has 3 nitrogen and oxygen atoms in total. The predicted molar refractivity (Wildman–Crippen MR) is 70.2 cm³/mol. The van der Waals surface area contributed by atoms with E-state index >= 15 is 0 Å². The van der Waals surface area contributed by atoms with Gasteiger partial charge in [0.25, 0.3) is 0 Å². The number of pyridine rings is 1. The first-order valence-electron chi connectivity index (χ1n) is 6.03. The zero-order valence-corrected chi connectivity index (χ0v) is 9.91. The van der Waals surface area contributed by atoms with Crippen molar-refractivity contribution >= 4 is 11.4 Å². The Morgan fingerprint density at radius 1 is 1.28 bits per heavy atom. The molecule has 0 amide bonds. The fraction of sp³-hybridized carbons (Fsp3) is 0.214. The summed E-state index contributed by atoms with van der Waals surface area (Å²) in [5, 5.41) is 6.65. The summed E-state index contributed by atoms with van der Waals surface area (Å²) in [4.78, 5) is 3.62. The molecule has 0 bridgehead atoms. The van der Waals surface area contributed by atoms with Crippen molar-refractivity contribution < 1.29 is 4.39 Å². The first-order valence-corrected chi connectivity index (χ1v) is 6.03. The van der Waals surface area contributed by atoms with E-state index in [4.69, 9.17) is 0 Å². The van der Waals surface area contributed by atoms with Gasteiger partial charge in [-0.25, -0.2) is 4.98 Å². The molecular formula is C14H14FN3. The highest BCUT2D eigenvalue weighted by molar-refractivity contribution is 5.62. The van der Waals surface area contributed by atoms with Crippen LogP contribution in [-0.4, -0.2) is 11.5 Å². The monoisotopic (exact) mass is 243 g/mol. The summed E-state index contributed by atoms with van der Waals surface area (Å²) in [6, 6.07) is 9.38. The smallest absolute Gasteiger partial charge is 0.212 e. The molecule has 0 aliphatic carbocycles. The lowest BCUT2D eigenvalue weighted by atomic mass is 10.1. The van der Waals surface area contributed by atoms with Crippen molar-refractivity contribution in [1.82, 2.24) is 4.98 Å². The minimum absolute atomic E-state index is 0.456. The molecule has 0 radical (unpaired) electrons. The summed E-state index contributed by atoms with van der Waals surface area (Å²) in [6.45, 7) is 1.72.